The van der Waals surface area contributed by atoms with Crippen LogP contribution in [0.1, 0.15) is 57.8 Å². The molecule has 4 aromatic rings. The first-order chi connectivity index (χ1) is 22.6. The Morgan fingerprint density at radius 3 is 2.40 bits per heavy atom. The van der Waals surface area contributed by atoms with Gasteiger partial charge < -0.3 is 30.2 Å². The molecular formula is C29H28F8N8O3. The van der Waals surface area contributed by atoms with Gasteiger partial charge >= 0.3 is 12.4 Å². The highest BCUT2D eigenvalue weighted by molar-refractivity contribution is 5.99. The summed E-state index contributed by atoms with van der Waals surface area (Å²) in [4.78, 5) is 40.3. The van der Waals surface area contributed by atoms with Gasteiger partial charge in [0.2, 0.25) is 11.8 Å². The molecule has 5 rings (SSSR count). The molecule has 1 aliphatic rings. The van der Waals surface area contributed by atoms with Crippen LogP contribution in [0.15, 0.2) is 36.7 Å². The van der Waals surface area contributed by atoms with E-state index < -0.39 is 66.3 Å². The SMILES string of the molecule is Cn1ccnc1C(=O)NCc1ccc(C(F)(F)F)c(Nc2nc3nc(OCC(F)F)c(C(=O)NC4CCC(C(F)(F)F)CC4)cc3[nH]2)c1. The zero-order chi connectivity index (χ0) is 34.8. The van der Waals surface area contributed by atoms with Crippen LogP contribution in [0.4, 0.5) is 46.8 Å². The van der Waals surface area contributed by atoms with E-state index in [2.05, 4.69) is 35.9 Å². The Morgan fingerprint density at radius 1 is 1.04 bits per heavy atom. The van der Waals surface area contributed by atoms with Crippen LogP contribution in [0.3, 0.4) is 0 Å². The largest absolute Gasteiger partial charge is 0.471 e. The number of anilines is 2. The highest BCUT2D eigenvalue weighted by atomic mass is 19.4. The van der Waals surface area contributed by atoms with E-state index in [1.807, 2.05) is 0 Å². The third-order valence-electron chi connectivity index (χ3n) is 7.67. The lowest BCUT2D eigenvalue weighted by atomic mass is 9.85. The van der Waals surface area contributed by atoms with Crippen molar-refractivity contribution in [3.63, 3.8) is 0 Å². The van der Waals surface area contributed by atoms with Gasteiger partial charge in [-0.1, -0.05) is 6.07 Å². The van der Waals surface area contributed by atoms with E-state index in [9.17, 15) is 44.7 Å². The van der Waals surface area contributed by atoms with E-state index >= 15 is 0 Å². The van der Waals surface area contributed by atoms with Crippen molar-refractivity contribution in [3.05, 3.63) is 59.2 Å². The number of nitrogens with one attached hydrogen (secondary N) is 4. The van der Waals surface area contributed by atoms with Gasteiger partial charge in [0.05, 0.1) is 22.7 Å². The zero-order valence-electron chi connectivity index (χ0n) is 25.0. The molecule has 258 valence electrons. The maximum absolute atomic E-state index is 13.9. The smallest absolute Gasteiger partial charge is 0.418 e. The van der Waals surface area contributed by atoms with Crippen LogP contribution in [0.25, 0.3) is 11.2 Å². The molecule has 0 unspecified atom stereocenters. The highest BCUT2D eigenvalue weighted by Gasteiger charge is 2.41. The molecule has 1 fully saturated rings. The molecule has 48 heavy (non-hydrogen) atoms. The Labute approximate surface area is 266 Å². The van der Waals surface area contributed by atoms with Crippen molar-refractivity contribution in [2.45, 2.75) is 57.0 Å². The lowest BCUT2D eigenvalue weighted by molar-refractivity contribution is -0.182. The van der Waals surface area contributed by atoms with Crippen molar-refractivity contribution < 1.29 is 49.4 Å². The number of ether oxygens (including phenoxy) is 1. The standard InChI is InChI=1S/C29H28F8N8O3/c1-45-9-8-38-23(45)25(47)39-12-14-2-7-18(29(35,36)37)19(10-14)41-27-42-20-11-17(26(43-22(20)44-27)48-13-21(30)31)24(46)40-16-5-3-15(4-6-16)28(32,33)34/h2,7-11,15-16,21H,3-6,12-13H2,1H3,(H,39,47)(H,40,46)(H2,41,42,43,44). The number of amides is 2. The van der Waals surface area contributed by atoms with Gasteiger partial charge in [0.25, 0.3) is 18.2 Å². The Hall–Kier alpha value is -4.97. The molecule has 4 N–H and O–H groups in total. The Balaban J connectivity index is 1.38. The second-order valence-electron chi connectivity index (χ2n) is 11.1. The molecule has 0 bridgehead atoms. The molecule has 1 aromatic carbocycles. The molecule has 0 atom stereocenters. The molecule has 19 heteroatoms. The molecule has 0 spiro atoms. The predicted molar refractivity (Wildman–Crippen MR) is 154 cm³/mol. The quantitative estimate of drug-likeness (QED) is 0.153. The minimum atomic E-state index is -4.80. The second kappa shape index (κ2) is 13.6. The van der Waals surface area contributed by atoms with Crippen molar-refractivity contribution in [3.8, 4) is 5.88 Å². The molecule has 3 aromatic heterocycles. The number of hydrogen-bond donors (Lipinski definition) is 4. The number of aromatic nitrogens is 5. The summed E-state index contributed by atoms with van der Waals surface area (Å²) in [7, 11) is 1.60. The number of aromatic amines is 1. The number of hydrogen-bond acceptors (Lipinski definition) is 7. The summed E-state index contributed by atoms with van der Waals surface area (Å²) in [5, 5.41) is 7.68. The molecule has 11 nitrogen and oxygen atoms in total. The summed E-state index contributed by atoms with van der Waals surface area (Å²) in [6.07, 6.45) is -9.49. The van der Waals surface area contributed by atoms with Gasteiger partial charge in [0, 0.05) is 32.0 Å². The van der Waals surface area contributed by atoms with Crippen LogP contribution in [0, 0.1) is 5.92 Å². The minimum absolute atomic E-state index is 0.0138. The van der Waals surface area contributed by atoms with Gasteiger partial charge in [0.1, 0.15) is 5.56 Å². The van der Waals surface area contributed by atoms with Crippen LogP contribution in [0.2, 0.25) is 0 Å². The maximum atomic E-state index is 13.9. The Bertz CT molecular complexity index is 1780. The first-order valence-corrected chi connectivity index (χ1v) is 14.5. The molecular weight excluding hydrogens is 660 g/mol. The van der Waals surface area contributed by atoms with Crippen LogP contribution < -0.4 is 20.7 Å². The number of carbonyl (C=O) groups is 2. The van der Waals surface area contributed by atoms with Crippen molar-refractivity contribution in [1.82, 2.24) is 35.1 Å². The van der Waals surface area contributed by atoms with Gasteiger partial charge in [-0.15, -0.1) is 0 Å². The lowest BCUT2D eigenvalue weighted by Crippen LogP contribution is -2.40. The van der Waals surface area contributed by atoms with Gasteiger partial charge in [-0.25, -0.2) is 13.8 Å². The van der Waals surface area contributed by atoms with E-state index in [0.717, 1.165) is 18.2 Å². The third-order valence-corrected chi connectivity index (χ3v) is 7.67. The van der Waals surface area contributed by atoms with Gasteiger partial charge in [0.15, 0.2) is 18.1 Å². The summed E-state index contributed by atoms with van der Waals surface area (Å²) < 4.78 is 113. The number of fused-ring (bicyclic) bond motifs is 1. The van der Waals surface area contributed by atoms with E-state index in [1.165, 1.54) is 16.8 Å². The monoisotopic (exact) mass is 688 g/mol. The number of pyridine rings is 1. The fourth-order valence-electron chi connectivity index (χ4n) is 5.25. The van der Waals surface area contributed by atoms with E-state index in [1.54, 1.807) is 13.2 Å². The fourth-order valence-corrected chi connectivity index (χ4v) is 5.25. The molecule has 2 amide bonds. The normalized spacial score (nSPS) is 17.0. The van der Waals surface area contributed by atoms with E-state index in [0.29, 0.717) is 0 Å². The van der Waals surface area contributed by atoms with Gasteiger partial charge in [-0.3, -0.25) is 9.59 Å². The Kier molecular flexibility index (Phi) is 9.76. The summed E-state index contributed by atoms with van der Waals surface area (Å²) in [6.45, 7) is -1.30. The number of carbonyl (C=O) groups excluding carboxylic acids is 2. The van der Waals surface area contributed by atoms with Crippen LogP contribution in [0.5, 0.6) is 5.88 Å². The summed E-state index contributed by atoms with van der Waals surface area (Å²) >= 11 is 0. The number of nitrogens with zero attached hydrogens (tertiary/aromatic N) is 4. The molecule has 3 heterocycles. The van der Waals surface area contributed by atoms with Crippen LogP contribution >= 0.6 is 0 Å². The number of alkyl halides is 8. The molecule has 1 aliphatic carbocycles. The highest BCUT2D eigenvalue weighted by Crippen LogP contribution is 2.38. The summed E-state index contributed by atoms with van der Waals surface area (Å²) in [5.74, 6) is -3.63. The average Bonchev–Trinajstić information content (AvgIpc) is 3.62. The van der Waals surface area contributed by atoms with Crippen LogP contribution in [-0.2, 0) is 19.8 Å². The first kappa shape index (κ1) is 34.4. The number of H-pyrrole nitrogens is 1. The minimum Gasteiger partial charge on any atom is -0.471 e. The summed E-state index contributed by atoms with van der Waals surface area (Å²) in [6, 6.07) is 3.65. The van der Waals surface area contributed by atoms with Crippen molar-refractivity contribution in [2.24, 2.45) is 13.0 Å². The van der Waals surface area contributed by atoms with E-state index in [4.69, 9.17) is 4.74 Å². The van der Waals surface area contributed by atoms with Crippen LogP contribution in [-0.4, -0.2) is 61.6 Å². The third kappa shape index (κ3) is 8.11. The number of benzene rings is 1. The maximum Gasteiger partial charge on any atom is 0.418 e. The average molecular weight is 689 g/mol. The number of rotatable bonds is 10. The molecule has 0 saturated heterocycles. The van der Waals surface area contributed by atoms with Crippen molar-refractivity contribution in [2.75, 3.05) is 11.9 Å². The number of aryl methyl sites for hydroxylation is 1. The second-order valence-corrected chi connectivity index (χ2v) is 11.1. The van der Waals surface area contributed by atoms with E-state index in [-0.39, 0.29) is 66.3 Å². The van der Waals surface area contributed by atoms with Gasteiger partial charge in [-0.2, -0.15) is 36.3 Å². The van der Waals surface area contributed by atoms with Crippen molar-refractivity contribution >= 4 is 34.6 Å². The number of imidazole rings is 2. The topological polar surface area (TPSA) is 139 Å². The zero-order valence-corrected chi connectivity index (χ0v) is 25.0. The number of halogens is 8. The molecule has 0 aliphatic heterocycles. The predicted octanol–water partition coefficient (Wildman–Crippen LogP) is 5.88. The Morgan fingerprint density at radius 2 is 1.77 bits per heavy atom. The van der Waals surface area contributed by atoms with Crippen molar-refractivity contribution in [1.29, 1.82) is 0 Å². The lowest BCUT2D eigenvalue weighted by Gasteiger charge is -2.30. The molecule has 0 radical (unpaired) electrons. The first-order valence-electron chi connectivity index (χ1n) is 14.5. The van der Waals surface area contributed by atoms with Gasteiger partial charge in [-0.05, 0) is 49.4 Å². The fraction of sp³-hybridized carbons (Fsp3) is 0.414. The summed E-state index contributed by atoms with van der Waals surface area (Å²) in [5.41, 5.74) is -1.76. The molecule has 1 saturated carbocycles.